The summed E-state index contributed by atoms with van der Waals surface area (Å²) >= 11 is 0. The first-order chi connectivity index (χ1) is 12.3. The number of hydrogen-bond donors (Lipinski definition) is 1. The van der Waals surface area contributed by atoms with Gasteiger partial charge in [0.25, 0.3) is 0 Å². The number of nitrogens with zero attached hydrogens (tertiary/aromatic N) is 1. The summed E-state index contributed by atoms with van der Waals surface area (Å²) in [6.07, 6.45) is 5.01. The van der Waals surface area contributed by atoms with E-state index in [2.05, 4.69) is 38.2 Å². The topological polar surface area (TPSA) is 66.5 Å². The quantitative estimate of drug-likeness (QED) is 0.672. The highest BCUT2D eigenvalue weighted by molar-refractivity contribution is 6.09. The number of anilines is 1. The van der Waals surface area contributed by atoms with Gasteiger partial charge in [0, 0.05) is 5.69 Å². The smallest absolute Gasteiger partial charge is 0.244 e. The third kappa shape index (κ3) is 2.57. The maximum atomic E-state index is 12.7. The van der Waals surface area contributed by atoms with E-state index in [1.807, 2.05) is 24.3 Å². The van der Waals surface area contributed by atoms with Crippen molar-refractivity contribution in [3.05, 3.63) is 42.0 Å². The first-order valence-corrected chi connectivity index (χ1v) is 9.20. The van der Waals surface area contributed by atoms with Crippen molar-refractivity contribution in [2.24, 2.45) is 23.7 Å². The summed E-state index contributed by atoms with van der Waals surface area (Å²) in [4.78, 5) is 39.1. The van der Waals surface area contributed by atoms with E-state index in [0.717, 1.165) is 22.6 Å². The Morgan fingerprint density at radius 3 is 2.23 bits per heavy atom. The van der Waals surface area contributed by atoms with Crippen LogP contribution in [0.3, 0.4) is 0 Å². The minimum absolute atomic E-state index is 0.120. The van der Waals surface area contributed by atoms with Crippen LogP contribution >= 0.6 is 0 Å². The normalized spacial score (nSPS) is 29.4. The average molecular weight is 352 g/mol. The van der Waals surface area contributed by atoms with Crippen LogP contribution in [0, 0.1) is 23.7 Å². The fourth-order valence-electron chi connectivity index (χ4n) is 4.70. The van der Waals surface area contributed by atoms with Crippen LogP contribution in [-0.2, 0) is 19.8 Å². The molecule has 4 atom stereocenters. The number of benzene rings is 1. The maximum Gasteiger partial charge on any atom is 0.244 e. The SMILES string of the molecule is CC(C)(C)c1ccccc1NC(=O)CN1C(=O)C2C3C=CC(C3)C2C1=O. The second-order valence-corrected chi connectivity index (χ2v) is 8.61. The fraction of sp³-hybridized carbons (Fsp3) is 0.476. The van der Waals surface area contributed by atoms with Gasteiger partial charge in [0.2, 0.25) is 17.7 Å². The van der Waals surface area contributed by atoms with Gasteiger partial charge in [-0.2, -0.15) is 0 Å². The number of carbonyl (C=O) groups excluding carboxylic acids is 3. The van der Waals surface area contributed by atoms with E-state index < -0.39 is 0 Å². The number of rotatable bonds is 3. The Morgan fingerprint density at radius 2 is 1.65 bits per heavy atom. The third-order valence-corrected chi connectivity index (χ3v) is 5.87. The number of hydrogen-bond acceptors (Lipinski definition) is 3. The van der Waals surface area contributed by atoms with Gasteiger partial charge in [0.05, 0.1) is 11.8 Å². The van der Waals surface area contributed by atoms with Gasteiger partial charge in [0.15, 0.2) is 0 Å². The molecule has 2 fully saturated rings. The molecule has 4 rings (SSSR count). The molecule has 0 aromatic heterocycles. The molecular weight excluding hydrogens is 328 g/mol. The highest BCUT2D eigenvalue weighted by atomic mass is 16.2. The molecule has 1 heterocycles. The summed E-state index contributed by atoms with van der Waals surface area (Å²) in [6, 6.07) is 7.64. The average Bonchev–Trinajstić information content (AvgIpc) is 3.24. The van der Waals surface area contributed by atoms with Gasteiger partial charge >= 0.3 is 0 Å². The second kappa shape index (κ2) is 5.79. The van der Waals surface area contributed by atoms with Crippen molar-refractivity contribution < 1.29 is 14.4 Å². The van der Waals surface area contributed by atoms with Crippen molar-refractivity contribution in [3.63, 3.8) is 0 Å². The van der Waals surface area contributed by atoms with Gasteiger partial charge in [-0.3, -0.25) is 19.3 Å². The number of amides is 3. The Kier molecular flexibility index (Phi) is 3.79. The van der Waals surface area contributed by atoms with Gasteiger partial charge in [0.1, 0.15) is 6.54 Å². The van der Waals surface area contributed by atoms with Crippen molar-refractivity contribution in [1.29, 1.82) is 0 Å². The highest BCUT2D eigenvalue weighted by Crippen LogP contribution is 2.52. The van der Waals surface area contributed by atoms with Gasteiger partial charge < -0.3 is 5.32 Å². The van der Waals surface area contributed by atoms with Crippen molar-refractivity contribution in [2.45, 2.75) is 32.6 Å². The number of carbonyl (C=O) groups is 3. The molecule has 1 N–H and O–H groups in total. The van der Waals surface area contributed by atoms with E-state index in [1.54, 1.807) is 0 Å². The van der Waals surface area contributed by atoms with Crippen molar-refractivity contribution in [1.82, 2.24) is 4.90 Å². The molecular formula is C21H24N2O3. The summed E-state index contributed by atoms with van der Waals surface area (Å²) in [5.41, 5.74) is 1.63. The lowest BCUT2D eigenvalue weighted by Crippen LogP contribution is -2.39. The van der Waals surface area contributed by atoms with E-state index in [4.69, 9.17) is 0 Å². The Morgan fingerprint density at radius 1 is 1.08 bits per heavy atom. The number of fused-ring (bicyclic) bond motifs is 5. The van der Waals surface area contributed by atoms with E-state index in [-0.39, 0.29) is 53.4 Å². The molecule has 0 radical (unpaired) electrons. The van der Waals surface area contributed by atoms with Crippen LogP contribution in [0.1, 0.15) is 32.8 Å². The highest BCUT2D eigenvalue weighted by Gasteiger charge is 2.59. The lowest BCUT2D eigenvalue weighted by molar-refractivity contribution is -0.143. The zero-order valence-electron chi connectivity index (χ0n) is 15.4. The zero-order valence-corrected chi connectivity index (χ0v) is 15.4. The Bertz CT molecular complexity index is 791. The monoisotopic (exact) mass is 352 g/mol. The summed E-state index contributed by atoms with van der Waals surface area (Å²) in [5, 5.41) is 2.89. The van der Waals surface area contributed by atoms with Crippen LogP contribution in [-0.4, -0.2) is 29.2 Å². The standard InChI is InChI=1S/C21H24N2O3/c1-21(2,3)14-6-4-5-7-15(14)22-16(24)11-23-19(25)17-12-8-9-13(10-12)18(17)20(23)26/h4-9,12-13,17-18H,10-11H2,1-3H3,(H,22,24). The summed E-state index contributed by atoms with van der Waals surface area (Å²) < 4.78 is 0. The lowest BCUT2D eigenvalue weighted by atomic mass is 9.85. The van der Waals surface area contributed by atoms with E-state index in [1.165, 1.54) is 0 Å². The molecule has 5 heteroatoms. The van der Waals surface area contributed by atoms with Crippen LogP contribution in [0.2, 0.25) is 0 Å². The molecule has 1 aromatic carbocycles. The molecule has 3 amide bonds. The number of likely N-dealkylation sites (tertiary alicyclic amines) is 1. The molecule has 2 bridgehead atoms. The van der Waals surface area contributed by atoms with Gasteiger partial charge in [-0.1, -0.05) is 51.1 Å². The second-order valence-electron chi connectivity index (χ2n) is 8.61. The third-order valence-electron chi connectivity index (χ3n) is 5.87. The van der Waals surface area contributed by atoms with Crippen LogP contribution in [0.15, 0.2) is 36.4 Å². The van der Waals surface area contributed by atoms with Crippen molar-refractivity contribution >= 4 is 23.4 Å². The molecule has 5 nitrogen and oxygen atoms in total. The van der Waals surface area contributed by atoms with Gasteiger partial charge in [-0.25, -0.2) is 0 Å². The summed E-state index contributed by atoms with van der Waals surface area (Å²) in [5.74, 6) is -0.887. The molecule has 1 aliphatic heterocycles. The number of imide groups is 1. The van der Waals surface area contributed by atoms with Crippen molar-refractivity contribution in [2.75, 3.05) is 11.9 Å². The minimum atomic E-state index is -0.330. The maximum absolute atomic E-state index is 12.7. The lowest BCUT2D eigenvalue weighted by Gasteiger charge is -2.23. The molecule has 26 heavy (non-hydrogen) atoms. The zero-order chi connectivity index (χ0) is 18.6. The van der Waals surface area contributed by atoms with Crippen molar-refractivity contribution in [3.8, 4) is 0 Å². The van der Waals surface area contributed by atoms with Gasteiger partial charge in [-0.15, -0.1) is 0 Å². The van der Waals surface area contributed by atoms with E-state index >= 15 is 0 Å². The van der Waals surface area contributed by atoms with E-state index in [0.29, 0.717) is 0 Å². The van der Waals surface area contributed by atoms with Gasteiger partial charge in [-0.05, 0) is 35.3 Å². The number of nitrogens with one attached hydrogen (secondary N) is 1. The van der Waals surface area contributed by atoms with Crippen LogP contribution in [0.5, 0.6) is 0 Å². The summed E-state index contributed by atoms with van der Waals surface area (Å²) in [7, 11) is 0. The summed E-state index contributed by atoms with van der Waals surface area (Å²) in [6.45, 7) is 6.03. The molecule has 1 saturated heterocycles. The molecule has 1 saturated carbocycles. The first-order valence-electron chi connectivity index (χ1n) is 9.20. The predicted octanol–water partition coefficient (Wildman–Crippen LogP) is 2.73. The molecule has 0 spiro atoms. The molecule has 2 aliphatic carbocycles. The molecule has 136 valence electrons. The molecule has 3 aliphatic rings. The number of para-hydroxylation sites is 1. The first kappa shape index (κ1) is 17.0. The molecule has 1 aromatic rings. The van der Waals surface area contributed by atoms with Crippen LogP contribution < -0.4 is 5.32 Å². The Hall–Kier alpha value is -2.43. The Labute approximate surface area is 153 Å². The predicted molar refractivity (Wildman–Crippen MR) is 98.2 cm³/mol. The van der Waals surface area contributed by atoms with Crippen LogP contribution in [0.4, 0.5) is 5.69 Å². The minimum Gasteiger partial charge on any atom is -0.324 e. The Balaban J connectivity index is 1.49. The molecule has 4 unspecified atom stereocenters. The van der Waals surface area contributed by atoms with E-state index in [9.17, 15) is 14.4 Å². The fourth-order valence-corrected chi connectivity index (χ4v) is 4.70. The largest absolute Gasteiger partial charge is 0.324 e. The number of allylic oxidation sites excluding steroid dienone is 2. The van der Waals surface area contributed by atoms with Crippen LogP contribution in [0.25, 0.3) is 0 Å².